The number of ether oxygens (including phenoxy) is 1. The Kier molecular flexibility index (Phi) is 3.56. The van der Waals surface area contributed by atoms with E-state index >= 15 is 0 Å². The van der Waals surface area contributed by atoms with Gasteiger partial charge in [0.1, 0.15) is 5.75 Å². The highest BCUT2D eigenvalue weighted by Crippen LogP contribution is 2.37. The average Bonchev–Trinajstić information content (AvgIpc) is 2.91. The maximum atomic E-state index is 12.6. The monoisotopic (exact) mass is 313 g/mol. The first-order valence-electron chi connectivity index (χ1n) is 6.79. The van der Waals surface area contributed by atoms with Crippen molar-refractivity contribution in [3.05, 3.63) is 41.5 Å². The van der Waals surface area contributed by atoms with E-state index in [-0.39, 0.29) is 18.2 Å². The molecule has 5 nitrogen and oxygen atoms in total. The third-order valence-electron chi connectivity index (χ3n) is 3.68. The van der Waals surface area contributed by atoms with Gasteiger partial charge in [0.25, 0.3) is 5.89 Å². The molecule has 2 N–H and O–H groups in total. The number of nitrogens with two attached hydrogens (primary N) is 1. The van der Waals surface area contributed by atoms with Gasteiger partial charge in [-0.05, 0) is 37.5 Å². The first-order valence-corrected chi connectivity index (χ1v) is 6.79. The summed E-state index contributed by atoms with van der Waals surface area (Å²) in [5.41, 5.74) is 4.75. The molecule has 8 heteroatoms. The molecule has 0 saturated heterocycles. The van der Waals surface area contributed by atoms with Crippen LogP contribution in [-0.4, -0.2) is 10.1 Å². The van der Waals surface area contributed by atoms with Crippen LogP contribution in [0.2, 0.25) is 0 Å². The van der Waals surface area contributed by atoms with Gasteiger partial charge in [0, 0.05) is 0 Å². The molecule has 2 aromatic rings. The largest absolute Gasteiger partial charge is 0.484 e. The van der Waals surface area contributed by atoms with Gasteiger partial charge in [-0.25, -0.2) is 0 Å². The van der Waals surface area contributed by atoms with Gasteiger partial charge in [0.05, 0.1) is 11.1 Å². The predicted molar refractivity (Wildman–Crippen MR) is 69.8 cm³/mol. The number of benzene rings is 1. The van der Waals surface area contributed by atoms with E-state index in [4.69, 9.17) is 15.0 Å². The Morgan fingerprint density at radius 1 is 1.32 bits per heavy atom. The van der Waals surface area contributed by atoms with Crippen molar-refractivity contribution in [2.75, 3.05) is 0 Å². The molecule has 22 heavy (non-hydrogen) atoms. The normalized spacial score (nSPS) is 17.1. The number of rotatable bonds is 4. The minimum absolute atomic E-state index is 0.0840. The zero-order chi connectivity index (χ0) is 15.8. The molecule has 1 aromatic carbocycles. The van der Waals surface area contributed by atoms with Crippen molar-refractivity contribution in [2.45, 2.75) is 37.6 Å². The predicted octanol–water partition coefficient (Wildman–Crippen LogP) is 3.01. The van der Waals surface area contributed by atoms with Crippen LogP contribution in [0.5, 0.6) is 5.75 Å². The standard InChI is InChI=1S/C14H14F3N3O2/c15-14(16,17)9-3-1-4-10(7-9)21-8-11-19-12(20-22-11)13(18)5-2-6-13/h1,3-4,7H,2,5-6,8,18H2. The second-order valence-corrected chi connectivity index (χ2v) is 5.34. The van der Waals surface area contributed by atoms with E-state index in [9.17, 15) is 13.2 Å². The minimum atomic E-state index is -4.41. The van der Waals surface area contributed by atoms with Gasteiger partial charge < -0.3 is 15.0 Å². The molecule has 1 fully saturated rings. The first kappa shape index (κ1) is 14.8. The highest BCUT2D eigenvalue weighted by Gasteiger charge is 2.39. The molecule has 1 aliphatic rings. The molecular formula is C14H14F3N3O2. The summed E-state index contributed by atoms with van der Waals surface area (Å²) in [7, 11) is 0. The quantitative estimate of drug-likeness (QED) is 0.939. The van der Waals surface area contributed by atoms with Crippen LogP contribution in [0.1, 0.15) is 36.5 Å². The maximum absolute atomic E-state index is 12.6. The van der Waals surface area contributed by atoms with Crippen LogP contribution in [0.4, 0.5) is 13.2 Å². The van der Waals surface area contributed by atoms with Crippen LogP contribution in [0.15, 0.2) is 28.8 Å². The fourth-order valence-corrected chi connectivity index (χ4v) is 2.20. The molecule has 118 valence electrons. The summed E-state index contributed by atoms with van der Waals surface area (Å²) in [6, 6.07) is 4.61. The molecule has 1 saturated carbocycles. The Balaban J connectivity index is 1.66. The van der Waals surface area contributed by atoms with Crippen molar-refractivity contribution in [1.29, 1.82) is 0 Å². The van der Waals surface area contributed by atoms with E-state index in [1.165, 1.54) is 12.1 Å². The molecule has 0 amide bonds. The van der Waals surface area contributed by atoms with Crippen LogP contribution >= 0.6 is 0 Å². The summed E-state index contributed by atoms with van der Waals surface area (Å²) in [5, 5.41) is 3.81. The summed E-state index contributed by atoms with van der Waals surface area (Å²) < 4.78 is 48.1. The third-order valence-corrected chi connectivity index (χ3v) is 3.68. The zero-order valence-corrected chi connectivity index (χ0v) is 11.6. The van der Waals surface area contributed by atoms with E-state index in [0.29, 0.717) is 5.82 Å². The molecule has 0 radical (unpaired) electrons. The number of hydrogen-bond donors (Lipinski definition) is 1. The Morgan fingerprint density at radius 2 is 2.09 bits per heavy atom. The SMILES string of the molecule is NC1(c2noc(COc3cccc(C(F)(F)F)c3)n2)CCC1. The molecule has 0 bridgehead atoms. The summed E-state index contributed by atoms with van der Waals surface area (Å²) in [4.78, 5) is 4.14. The number of alkyl halides is 3. The molecule has 1 aromatic heterocycles. The molecule has 3 rings (SSSR count). The van der Waals surface area contributed by atoms with E-state index in [0.717, 1.165) is 31.4 Å². The van der Waals surface area contributed by atoms with Crippen LogP contribution < -0.4 is 10.5 Å². The number of aromatic nitrogens is 2. The molecule has 0 aliphatic heterocycles. The fraction of sp³-hybridized carbons (Fsp3) is 0.429. The summed E-state index contributed by atoms with van der Waals surface area (Å²) in [6.07, 6.45) is -1.81. The van der Waals surface area contributed by atoms with Gasteiger partial charge >= 0.3 is 6.18 Å². The van der Waals surface area contributed by atoms with Crippen LogP contribution in [0.25, 0.3) is 0 Å². The molecule has 1 aliphatic carbocycles. The lowest BCUT2D eigenvalue weighted by molar-refractivity contribution is -0.137. The van der Waals surface area contributed by atoms with Gasteiger partial charge in [0.15, 0.2) is 12.4 Å². The van der Waals surface area contributed by atoms with E-state index in [2.05, 4.69) is 10.1 Å². The van der Waals surface area contributed by atoms with E-state index < -0.39 is 17.3 Å². The summed E-state index contributed by atoms with van der Waals surface area (Å²) in [6.45, 7) is -0.107. The number of hydrogen-bond acceptors (Lipinski definition) is 5. The van der Waals surface area contributed by atoms with Gasteiger partial charge in [0.2, 0.25) is 0 Å². The molecule has 1 heterocycles. The fourth-order valence-electron chi connectivity index (χ4n) is 2.20. The second-order valence-electron chi connectivity index (χ2n) is 5.34. The Morgan fingerprint density at radius 3 is 2.73 bits per heavy atom. The van der Waals surface area contributed by atoms with Gasteiger partial charge in [-0.3, -0.25) is 0 Å². The van der Waals surface area contributed by atoms with E-state index in [1.54, 1.807) is 0 Å². The van der Waals surface area contributed by atoms with Gasteiger partial charge in [-0.2, -0.15) is 18.2 Å². The molecule has 0 spiro atoms. The second kappa shape index (κ2) is 5.28. The molecule has 0 atom stereocenters. The Bertz CT molecular complexity index is 665. The summed E-state index contributed by atoms with van der Waals surface area (Å²) in [5.74, 6) is 0.686. The Hall–Kier alpha value is -2.09. The third kappa shape index (κ3) is 2.92. The smallest absolute Gasteiger partial charge is 0.416 e. The summed E-state index contributed by atoms with van der Waals surface area (Å²) >= 11 is 0. The van der Waals surface area contributed by atoms with Gasteiger partial charge in [-0.15, -0.1) is 0 Å². The van der Waals surface area contributed by atoms with Crippen LogP contribution in [0, 0.1) is 0 Å². The molecule has 0 unspecified atom stereocenters. The van der Waals surface area contributed by atoms with Crippen molar-refractivity contribution in [1.82, 2.24) is 10.1 Å². The lowest BCUT2D eigenvalue weighted by Gasteiger charge is -2.34. The van der Waals surface area contributed by atoms with Crippen LogP contribution in [-0.2, 0) is 18.3 Å². The van der Waals surface area contributed by atoms with Crippen molar-refractivity contribution in [2.24, 2.45) is 5.73 Å². The topological polar surface area (TPSA) is 74.2 Å². The zero-order valence-electron chi connectivity index (χ0n) is 11.6. The van der Waals surface area contributed by atoms with Crippen molar-refractivity contribution < 1.29 is 22.4 Å². The van der Waals surface area contributed by atoms with Crippen molar-refractivity contribution >= 4 is 0 Å². The van der Waals surface area contributed by atoms with Gasteiger partial charge in [-0.1, -0.05) is 11.2 Å². The Labute approximate surface area is 124 Å². The minimum Gasteiger partial charge on any atom is -0.484 e. The van der Waals surface area contributed by atoms with Crippen molar-refractivity contribution in [3.8, 4) is 5.75 Å². The first-order chi connectivity index (χ1) is 10.4. The highest BCUT2D eigenvalue weighted by atomic mass is 19.4. The number of nitrogens with zero attached hydrogens (tertiary/aromatic N) is 2. The highest BCUT2D eigenvalue weighted by molar-refractivity contribution is 5.30. The van der Waals surface area contributed by atoms with Crippen LogP contribution in [0.3, 0.4) is 0 Å². The van der Waals surface area contributed by atoms with Crippen molar-refractivity contribution in [3.63, 3.8) is 0 Å². The van der Waals surface area contributed by atoms with E-state index in [1.807, 2.05) is 0 Å². The molecular weight excluding hydrogens is 299 g/mol. The number of halogens is 3. The average molecular weight is 313 g/mol. The maximum Gasteiger partial charge on any atom is 0.416 e. The lowest BCUT2D eigenvalue weighted by atomic mass is 9.77. The lowest BCUT2D eigenvalue weighted by Crippen LogP contribution is -2.44.